The van der Waals surface area contributed by atoms with Crippen LogP contribution in [0.4, 0.5) is 0 Å². The lowest BCUT2D eigenvalue weighted by Gasteiger charge is -2.41. The predicted molar refractivity (Wildman–Crippen MR) is 140 cm³/mol. The lowest BCUT2D eigenvalue weighted by Crippen LogP contribution is -2.56. The van der Waals surface area contributed by atoms with Gasteiger partial charge in [-0.1, -0.05) is 47.1 Å². The largest absolute Gasteiger partial charge is 0.354 e. The van der Waals surface area contributed by atoms with E-state index in [2.05, 4.69) is 20.9 Å². The first-order chi connectivity index (χ1) is 17.9. The molecule has 3 aromatic rings. The second kappa shape index (κ2) is 11.0. The average Bonchev–Trinajstić information content (AvgIpc) is 3.55. The number of carbonyl (C=O) groups is 3. The summed E-state index contributed by atoms with van der Waals surface area (Å²) < 4.78 is 2.32. The van der Waals surface area contributed by atoms with Crippen LogP contribution in [0, 0.1) is 5.41 Å². The van der Waals surface area contributed by atoms with Gasteiger partial charge in [0.25, 0.3) is 5.91 Å². The molecule has 2 aliphatic heterocycles. The average molecular weight is 541 g/mol. The highest BCUT2D eigenvalue weighted by molar-refractivity contribution is 7.17. The van der Waals surface area contributed by atoms with Crippen LogP contribution in [0.3, 0.4) is 0 Å². The first kappa shape index (κ1) is 25.4. The van der Waals surface area contributed by atoms with Crippen molar-refractivity contribution in [2.75, 3.05) is 19.6 Å². The summed E-state index contributed by atoms with van der Waals surface area (Å²) in [6.07, 6.45) is 4.28. The number of aromatic nitrogens is 3. The van der Waals surface area contributed by atoms with Gasteiger partial charge in [-0.15, -0.1) is 16.4 Å². The molecule has 37 heavy (non-hydrogen) atoms. The zero-order chi connectivity index (χ0) is 25.8. The molecule has 1 spiro atoms. The van der Waals surface area contributed by atoms with Crippen LogP contribution in [-0.4, -0.2) is 63.3 Å². The first-order valence-electron chi connectivity index (χ1n) is 12.5. The minimum absolute atomic E-state index is 0.0796. The molecule has 1 saturated heterocycles. The van der Waals surface area contributed by atoms with Crippen LogP contribution >= 0.6 is 22.9 Å². The van der Waals surface area contributed by atoms with Gasteiger partial charge < -0.3 is 15.5 Å². The monoisotopic (exact) mass is 540 g/mol. The number of piperidine rings is 1. The molecule has 1 fully saturated rings. The lowest BCUT2D eigenvalue weighted by molar-refractivity contribution is -0.137. The van der Waals surface area contributed by atoms with E-state index in [9.17, 15) is 14.4 Å². The second-order valence-corrected chi connectivity index (χ2v) is 11.4. The van der Waals surface area contributed by atoms with E-state index in [0.717, 1.165) is 11.3 Å². The molecular formula is C26H29ClN6O3S. The molecule has 0 saturated carbocycles. The summed E-state index contributed by atoms with van der Waals surface area (Å²) in [6, 6.07) is 12.4. The highest BCUT2D eigenvalue weighted by Crippen LogP contribution is 2.36. The van der Waals surface area contributed by atoms with Gasteiger partial charge in [0.2, 0.25) is 11.8 Å². The van der Waals surface area contributed by atoms with E-state index in [1.165, 1.54) is 11.3 Å². The number of hydrogen-bond acceptors (Lipinski definition) is 6. The fraction of sp³-hybridized carbons (Fsp3) is 0.423. The van der Waals surface area contributed by atoms with Gasteiger partial charge in [-0.05, 0) is 37.0 Å². The van der Waals surface area contributed by atoms with Crippen molar-refractivity contribution in [1.82, 2.24) is 30.5 Å². The Labute approximate surface area is 224 Å². The molecule has 1 atom stereocenters. The zero-order valence-corrected chi connectivity index (χ0v) is 21.9. The van der Waals surface area contributed by atoms with Gasteiger partial charge in [0.05, 0.1) is 20.3 Å². The van der Waals surface area contributed by atoms with E-state index in [1.54, 1.807) is 21.7 Å². The van der Waals surface area contributed by atoms with Gasteiger partial charge in [-0.25, -0.2) is 0 Å². The van der Waals surface area contributed by atoms with E-state index in [0.29, 0.717) is 67.5 Å². The van der Waals surface area contributed by atoms with Crippen LogP contribution in [0.25, 0.3) is 0 Å². The fourth-order valence-corrected chi connectivity index (χ4v) is 6.04. The van der Waals surface area contributed by atoms with Crippen molar-refractivity contribution in [3.8, 4) is 0 Å². The molecule has 0 unspecified atom stereocenters. The van der Waals surface area contributed by atoms with Gasteiger partial charge in [0.1, 0.15) is 6.04 Å². The minimum Gasteiger partial charge on any atom is -0.354 e. The summed E-state index contributed by atoms with van der Waals surface area (Å²) in [4.78, 5) is 42.4. The molecule has 5 rings (SSSR count). The molecule has 0 radical (unpaired) electrons. The summed E-state index contributed by atoms with van der Waals surface area (Å²) in [7, 11) is 0. The van der Waals surface area contributed by atoms with Crippen molar-refractivity contribution in [2.24, 2.45) is 5.41 Å². The van der Waals surface area contributed by atoms with Crippen molar-refractivity contribution < 1.29 is 14.4 Å². The van der Waals surface area contributed by atoms with Gasteiger partial charge in [-0.3, -0.25) is 19.1 Å². The number of rotatable bonds is 3. The summed E-state index contributed by atoms with van der Waals surface area (Å²) in [6.45, 7) is 1.94. The van der Waals surface area contributed by atoms with E-state index in [4.69, 9.17) is 11.6 Å². The maximum absolute atomic E-state index is 13.9. The van der Waals surface area contributed by atoms with Crippen molar-refractivity contribution in [3.05, 3.63) is 69.1 Å². The molecule has 0 aliphatic carbocycles. The van der Waals surface area contributed by atoms with Crippen LogP contribution in [0.1, 0.15) is 40.2 Å². The van der Waals surface area contributed by atoms with Gasteiger partial charge >= 0.3 is 0 Å². The number of fused-ring (bicyclic) bond motifs is 2. The normalized spacial score (nSPS) is 20.4. The van der Waals surface area contributed by atoms with Crippen LogP contribution in [0.15, 0.2) is 48.7 Å². The number of likely N-dealkylation sites (tertiary alicyclic amines) is 1. The standard InChI is InChI=1S/C26H29ClN6O3S/c27-22-8-7-21(37-22)24(35)32-13-9-26(10-14-32)16-19-17-33(31-30-19)12-4-11-28-23(34)20(29-25(26)36)15-18-5-2-1-3-6-18/h1-3,5-8,17,20H,4,9-16H2,(H,28,34)(H,29,36)/t20-/m0/s1. The summed E-state index contributed by atoms with van der Waals surface area (Å²) in [5, 5.41) is 14.6. The van der Waals surface area contributed by atoms with Crippen LogP contribution in [0.5, 0.6) is 0 Å². The highest BCUT2D eigenvalue weighted by atomic mass is 35.5. The van der Waals surface area contributed by atoms with Crippen molar-refractivity contribution in [3.63, 3.8) is 0 Å². The van der Waals surface area contributed by atoms with Gasteiger partial charge in [-0.2, -0.15) is 0 Å². The van der Waals surface area contributed by atoms with Crippen molar-refractivity contribution >= 4 is 40.7 Å². The smallest absolute Gasteiger partial charge is 0.263 e. The Bertz CT molecular complexity index is 1270. The third-order valence-corrected chi connectivity index (χ3v) is 8.37. The Morgan fingerprint density at radius 1 is 1.11 bits per heavy atom. The van der Waals surface area contributed by atoms with E-state index >= 15 is 0 Å². The number of hydrogen-bond donors (Lipinski definition) is 2. The molecule has 4 heterocycles. The maximum Gasteiger partial charge on any atom is 0.263 e. The molecule has 2 N–H and O–H groups in total. The molecule has 11 heteroatoms. The van der Waals surface area contributed by atoms with Crippen LogP contribution in [0.2, 0.25) is 4.34 Å². The third-order valence-electron chi connectivity index (χ3n) is 7.15. The predicted octanol–water partition coefficient (Wildman–Crippen LogP) is 2.71. The van der Waals surface area contributed by atoms with Crippen molar-refractivity contribution in [1.29, 1.82) is 0 Å². The number of halogens is 1. The topological polar surface area (TPSA) is 109 Å². The SMILES string of the molecule is O=C1NCCCn2cc(nn2)CC2(CCN(C(=O)c3ccc(Cl)s3)CC2)C(=O)N[C@H]1Cc1ccccc1. The number of aryl methyl sites for hydroxylation is 1. The van der Waals surface area contributed by atoms with Crippen LogP contribution in [-0.2, 0) is 29.0 Å². The molecule has 9 nitrogen and oxygen atoms in total. The Hall–Kier alpha value is -3.24. The Morgan fingerprint density at radius 3 is 2.62 bits per heavy atom. The summed E-state index contributed by atoms with van der Waals surface area (Å²) in [5.74, 6) is -0.472. The fourth-order valence-electron chi connectivity index (χ4n) is 5.03. The Kier molecular flexibility index (Phi) is 7.57. The van der Waals surface area contributed by atoms with E-state index < -0.39 is 11.5 Å². The number of carbonyl (C=O) groups excluding carboxylic acids is 3. The first-order valence-corrected chi connectivity index (χ1v) is 13.7. The number of nitrogens with one attached hydrogen (secondary N) is 2. The maximum atomic E-state index is 13.9. The zero-order valence-electron chi connectivity index (χ0n) is 20.4. The molecule has 1 aromatic carbocycles. The molecule has 2 aromatic heterocycles. The summed E-state index contributed by atoms with van der Waals surface area (Å²) in [5.41, 5.74) is 0.893. The Balaban J connectivity index is 1.39. The third kappa shape index (κ3) is 5.86. The van der Waals surface area contributed by atoms with E-state index in [1.807, 2.05) is 36.5 Å². The summed E-state index contributed by atoms with van der Waals surface area (Å²) >= 11 is 7.28. The highest BCUT2D eigenvalue weighted by Gasteiger charge is 2.44. The van der Waals surface area contributed by atoms with E-state index in [-0.39, 0.29) is 17.7 Å². The molecule has 3 amide bonds. The minimum atomic E-state index is -0.811. The quantitative estimate of drug-likeness (QED) is 0.531. The number of thiophene rings is 1. The van der Waals surface area contributed by atoms with Gasteiger partial charge in [0, 0.05) is 45.2 Å². The lowest BCUT2D eigenvalue weighted by atomic mass is 9.73. The van der Waals surface area contributed by atoms with Crippen LogP contribution < -0.4 is 10.6 Å². The molecule has 2 bridgehead atoms. The Morgan fingerprint density at radius 2 is 1.89 bits per heavy atom. The molecule has 194 valence electrons. The molecule has 2 aliphatic rings. The number of amides is 3. The molecular weight excluding hydrogens is 512 g/mol. The second-order valence-electron chi connectivity index (χ2n) is 9.69. The van der Waals surface area contributed by atoms with Gasteiger partial charge in [0.15, 0.2) is 0 Å². The number of benzene rings is 1. The number of nitrogens with zero attached hydrogens (tertiary/aromatic N) is 4. The van der Waals surface area contributed by atoms with Crippen molar-refractivity contribution in [2.45, 2.75) is 44.7 Å².